The topological polar surface area (TPSA) is 92.9 Å². The van der Waals surface area contributed by atoms with E-state index in [1.165, 1.54) is 18.3 Å². The zero-order valence-corrected chi connectivity index (χ0v) is 12.7. The predicted molar refractivity (Wildman–Crippen MR) is 84.9 cm³/mol. The van der Waals surface area contributed by atoms with Gasteiger partial charge in [0.1, 0.15) is 0 Å². The number of nitro benzene ring substituents is 1. The molecular weight excluding hydrogens is 310 g/mol. The third-order valence-corrected chi connectivity index (χ3v) is 5.18. The molecule has 1 saturated heterocycles. The van der Waals surface area contributed by atoms with Crippen molar-refractivity contribution < 1.29 is 14.5 Å². The van der Waals surface area contributed by atoms with Crippen molar-refractivity contribution >= 4 is 23.7 Å². The molecule has 3 aliphatic carbocycles. The van der Waals surface area contributed by atoms with E-state index in [-0.39, 0.29) is 46.7 Å². The molecule has 4 atom stereocenters. The van der Waals surface area contributed by atoms with Gasteiger partial charge in [-0.2, -0.15) is 10.1 Å². The molecule has 1 aromatic carbocycles. The third-order valence-electron chi connectivity index (χ3n) is 5.18. The molecule has 0 aromatic heterocycles. The molecular formula is C17H15N3O4. The van der Waals surface area contributed by atoms with Crippen LogP contribution >= 0.6 is 0 Å². The molecule has 1 aromatic rings. The fourth-order valence-electron chi connectivity index (χ4n) is 4.06. The molecule has 122 valence electrons. The van der Waals surface area contributed by atoms with E-state index in [2.05, 4.69) is 5.10 Å². The fourth-order valence-corrected chi connectivity index (χ4v) is 4.06. The van der Waals surface area contributed by atoms with Crippen LogP contribution in [0.1, 0.15) is 18.4 Å². The van der Waals surface area contributed by atoms with E-state index in [9.17, 15) is 19.7 Å². The van der Waals surface area contributed by atoms with Gasteiger partial charge >= 0.3 is 0 Å². The van der Waals surface area contributed by atoms with E-state index in [0.717, 1.165) is 17.9 Å². The summed E-state index contributed by atoms with van der Waals surface area (Å²) in [4.78, 5) is 35.7. The molecule has 0 unspecified atom stereocenters. The van der Waals surface area contributed by atoms with Crippen LogP contribution < -0.4 is 0 Å². The van der Waals surface area contributed by atoms with Gasteiger partial charge in [0.25, 0.3) is 17.5 Å². The van der Waals surface area contributed by atoms with E-state index in [1.54, 1.807) is 12.1 Å². The smallest absolute Gasteiger partial charge is 0.272 e. The zero-order valence-electron chi connectivity index (χ0n) is 12.7. The first-order chi connectivity index (χ1) is 11.6. The second-order valence-electron chi connectivity index (χ2n) is 6.39. The van der Waals surface area contributed by atoms with Gasteiger partial charge in [0.05, 0.1) is 28.5 Å². The van der Waals surface area contributed by atoms with Gasteiger partial charge in [-0.1, -0.05) is 24.3 Å². The Balaban J connectivity index is 1.64. The van der Waals surface area contributed by atoms with Crippen LogP contribution in [0.5, 0.6) is 0 Å². The summed E-state index contributed by atoms with van der Waals surface area (Å²) in [6.45, 7) is 0. The zero-order chi connectivity index (χ0) is 16.8. The highest BCUT2D eigenvalue weighted by Gasteiger charge is 2.56. The van der Waals surface area contributed by atoms with Gasteiger partial charge in [-0.15, -0.1) is 0 Å². The first-order valence-corrected chi connectivity index (χ1v) is 7.91. The molecule has 2 bridgehead atoms. The summed E-state index contributed by atoms with van der Waals surface area (Å²) >= 11 is 0. The van der Waals surface area contributed by atoms with Crippen LogP contribution in [0.4, 0.5) is 5.69 Å². The lowest BCUT2D eigenvalue weighted by Gasteiger charge is -2.37. The number of rotatable bonds is 3. The molecule has 4 aliphatic rings. The van der Waals surface area contributed by atoms with E-state index in [1.807, 2.05) is 12.2 Å². The Morgan fingerprint density at radius 3 is 2.21 bits per heavy atom. The summed E-state index contributed by atoms with van der Waals surface area (Å²) in [6, 6.07) is 6.09. The number of carbonyl (C=O) groups is 2. The SMILES string of the molecule is O=C1[C@@H]2[C@@H](C(=O)N1/N=C\c1ccccc1[N+](=O)[O-])[C@H]1C=C[C@H]2CC1. The lowest BCUT2D eigenvalue weighted by molar-refractivity contribution is -0.385. The minimum absolute atomic E-state index is 0.0997. The van der Waals surface area contributed by atoms with Gasteiger partial charge < -0.3 is 0 Å². The number of para-hydroxylation sites is 1. The molecule has 7 nitrogen and oxygen atoms in total. The fraction of sp³-hybridized carbons (Fsp3) is 0.353. The first kappa shape index (κ1) is 14.7. The maximum absolute atomic E-state index is 12.6. The van der Waals surface area contributed by atoms with Crippen molar-refractivity contribution in [2.45, 2.75) is 12.8 Å². The monoisotopic (exact) mass is 325 g/mol. The number of fused-ring (bicyclic) bond motifs is 1. The second-order valence-corrected chi connectivity index (χ2v) is 6.39. The van der Waals surface area contributed by atoms with Crippen LogP contribution in [0.2, 0.25) is 0 Å². The normalized spacial score (nSPS) is 31.1. The first-order valence-electron chi connectivity index (χ1n) is 7.91. The number of hydrogen-bond acceptors (Lipinski definition) is 5. The van der Waals surface area contributed by atoms with Gasteiger partial charge in [0, 0.05) is 6.07 Å². The summed E-state index contributed by atoms with van der Waals surface area (Å²) in [5, 5.41) is 15.9. The Bertz CT molecular complexity index is 769. The Kier molecular flexibility index (Phi) is 3.30. The van der Waals surface area contributed by atoms with Crippen LogP contribution in [-0.2, 0) is 9.59 Å². The molecule has 24 heavy (non-hydrogen) atoms. The second kappa shape index (κ2) is 5.36. The largest absolute Gasteiger partial charge is 0.278 e. The van der Waals surface area contributed by atoms with Crippen molar-refractivity contribution in [1.82, 2.24) is 5.01 Å². The van der Waals surface area contributed by atoms with Crippen LogP contribution in [-0.4, -0.2) is 28.0 Å². The van der Waals surface area contributed by atoms with Crippen molar-refractivity contribution in [3.05, 3.63) is 52.1 Å². The number of nitro groups is 1. The van der Waals surface area contributed by atoms with Crippen molar-refractivity contribution in [3.63, 3.8) is 0 Å². The average molecular weight is 325 g/mol. The Morgan fingerprint density at radius 1 is 1.08 bits per heavy atom. The van der Waals surface area contributed by atoms with Gasteiger partial charge in [-0.3, -0.25) is 19.7 Å². The highest BCUT2D eigenvalue weighted by Crippen LogP contribution is 2.49. The number of nitrogens with zero attached hydrogens (tertiary/aromatic N) is 3. The third kappa shape index (κ3) is 2.08. The van der Waals surface area contributed by atoms with E-state index < -0.39 is 4.92 Å². The van der Waals surface area contributed by atoms with Gasteiger partial charge in [0.15, 0.2) is 0 Å². The molecule has 2 fully saturated rings. The molecule has 0 radical (unpaired) electrons. The summed E-state index contributed by atoms with van der Waals surface area (Å²) in [5.74, 6) is -1.04. The van der Waals surface area contributed by atoms with E-state index in [4.69, 9.17) is 0 Å². The number of hydrazone groups is 1. The molecule has 0 N–H and O–H groups in total. The van der Waals surface area contributed by atoms with Crippen molar-refractivity contribution in [2.24, 2.45) is 28.8 Å². The van der Waals surface area contributed by atoms with Gasteiger partial charge in [0.2, 0.25) is 0 Å². The maximum Gasteiger partial charge on any atom is 0.278 e. The van der Waals surface area contributed by atoms with Crippen LogP contribution in [0, 0.1) is 33.8 Å². The highest BCUT2D eigenvalue weighted by atomic mass is 16.6. The number of hydrogen-bond donors (Lipinski definition) is 0. The molecule has 5 rings (SSSR count). The number of amides is 2. The van der Waals surface area contributed by atoms with Gasteiger partial charge in [-0.25, -0.2) is 0 Å². The lowest BCUT2D eigenvalue weighted by atomic mass is 9.63. The van der Waals surface area contributed by atoms with E-state index >= 15 is 0 Å². The predicted octanol–water partition coefficient (Wildman–Crippen LogP) is 2.13. The van der Waals surface area contributed by atoms with Gasteiger partial charge in [-0.05, 0) is 30.7 Å². The summed E-state index contributed by atoms with van der Waals surface area (Å²) in [7, 11) is 0. The Labute approximate surface area is 137 Å². The lowest BCUT2D eigenvalue weighted by Crippen LogP contribution is -2.38. The molecule has 0 spiro atoms. The number of benzene rings is 1. The summed E-state index contributed by atoms with van der Waals surface area (Å²) in [5.41, 5.74) is 0.151. The average Bonchev–Trinajstić information content (AvgIpc) is 2.87. The number of imide groups is 1. The van der Waals surface area contributed by atoms with Crippen molar-refractivity contribution in [3.8, 4) is 0 Å². The van der Waals surface area contributed by atoms with Crippen LogP contribution in [0.3, 0.4) is 0 Å². The molecule has 7 heteroatoms. The van der Waals surface area contributed by atoms with Crippen LogP contribution in [0.25, 0.3) is 0 Å². The quantitative estimate of drug-likeness (QED) is 0.280. The number of carbonyl (C=O) groups excluding carboxylic acids is 2. The summed E-state index contributed by atoms with van der Waals surface area (Å²) in [6.07, 6.45) is 7.14. The molecule has 1 heterocycles. The molecule has 1 saturated carbocycles. The molecule has 2 amide bonds. The number of allylic oxidation sites excluding steroid dienone is 2. The maximum atomic E-state index is 12.6. The Morgan fingerprint density at radius 2 is 1.67 bits per heavy atom. The van der Waals surface area contributed by atoms with Crippen LogP contribution in [0.15, 0.2) is 41.5 Å². The molecule has 1 aliphatic heterocycles. The Hall–Kier alpha value is -2.83. The highest BCUT2D eigenvalue weighted by molar-refractivity contribution is 6.06. The van der Waals surface area contributed by atoms with Crippen molar-refractivity contribution in [2.75, 3.05) is 0 Å². The standard InChI is InChI=1S/C17H15N3O4/c21-16-14-10-5-6-11(8-7-10)15(14)17(22)19(16)18-9-12-3-1-2-4-13(12)20(23)24/h1-6,9-11,14-15H,7-8H2/b18-9-/t10-,11-,14-,15-/m0/s1. The van der Waals surface area contributed by atoms with Crippen molar-refractivity contribution in [1.29, 1.82) is 0 Å². The minimum Gasteiger partial charge on any atom is -0.272 e. The minimum atomic E-state index is -0.515. The van der Waals surface area contributed by atoms with E-state index in [0.29, 0.717) is 0 Å². The summed E-state index contributed by atoms with van der Waals surface area (Å²) < 4.78 is 0.